The quantitative estimate of drug-likeness (QED) is 0.320. The number of benzene rings is 2. The summed E-state index contributed by atoms with van der Waals surface area (Å²) in [5, 5.41) is 5.36. The number of carbonyl (C=O) groups is 4. The molecule has 0 bridgehead atoms. The van der Waals surface area contributed by atoms with Crippen LogP contribution in [0.5, 0.6) is 0 Å². The van der Waals surface area contributed by atoms with E-state index in [4.69, 9.17) is 9.47 Å². The summed E-state index contributed by atoms with van der Waals surface area (Å²) >= 11 is 0. The van der Waals surface area contributed by atoms with Crippen LogP contribution in [0.4, 0.5) is 0 Å². The standard InChI is InChI=1S/C30H40N2O6/c1-20(2)17-23(26(33)32-25(27(34)31-6)30(3,4)5)24(28(35)37-18-21-13-9-7-10-14-21)29(36)38-19-22-15-11-8-12-16-22/h7-16,20,23-25H,17-19H2,1-6H3,(H,31,34)(H,32,33)/t23-,25+/m0/s1. The van der Waals surface area contributed by atoms with Crippen LogP contribution < -0.4 is 10.6 Å². The largest absolute Gasteiger partial charge is 0.460 e. The van der Waals surface area contributed by atoms with Crippen LogP contribution >= 0.6 is 0 Å². The normalized spacial score (nSPS) is 12.9. The van der Waals surface area contributed by atoms with Crippen molar-refractivity contribution in [2.24, 2.45) is 23.2 Å². The van der Waals surface area contributed by atoms with Gasteiger partial charge in [-0.3, -0.25) is 19.2 Å². The van der Waals surface area contributed by atoms with Crippen LogP contribution in [0.3, 0.4) is 0 Å². The number of rotatable bonds is 12. The van der Waals surface area contributed by atoms with Crippen LogP contribution in [-0.2, 0) is 41.9 Å². The lowest BCUT2D eigenvalue weighted by molar-refractivity contribution is -0.169. The van der Waals surface area contributed by atoms with E-state index in [0.29, 0.717) is 0 Å². The van der Waals surface area contributed by atoms with Gasteiger partial charge in [-0.05, 0) is 28.9 Å². The number of hydrogen-bond donors (Lipinski definition) is 2. The Morgan fingerprint density at radius 2 is 1.21 bits per heavy atom. The van der Waals surface area contributed by atoms with E-state index in [-0.39, 0.29) is 31.5 Å². The Hall–Kier alpha value is -3.68. The molecule has 0 spiro atoms. The van der Waals surface area contributed by atoms with Crippen molar-refractivity contribution in [1.29, 1.82) is 0 Å². The summed E-state index contributed by atoms with van der Waals surface area (Å²) in [6.07, 6.45) is 0.210. The molecule has 8 heteroatoms. The summed E-state index contributed by atoms with van der Waals surface area (Å²) in [4.78, 5) is 53.0. The summed E-state index contributed by atoms with van der Waals surface area (Å²) in [7, 11) is 1.49. The van der Waals surface area contributed by atoms with Crippen molar-refractivity contribution >= 4 is 23.8 Å². The van der Waals surface area contributed by atoms with E-state index >= 15 is 0 Å². The molecule has 0 aromatic heterocycles. The van der Waals surface area contributed by atoms with E-state index in [1.54, 1.807) is 24.3 Å². The third-order valence-electron chi connectivity index (χ3n) is 6.08. The van der Waals surface area contributed by atoms with Gasteiger partial charge in [-0.2, -0.15) is 0 Å². The molecule has 38 heavy (non-hydrogen) atoms. The maximum atomic E-state index is 13.6. The van der Waals surface area contributed by atoms with Gasteiger partial charge in [0.15, 0.2) is 5.92 Å². The maximum absolute atomic E-state index is 13.6. The Kier molecular flexibility index (Phi) is 11.5. The molecule has 2 aromatic carbocycles. The second-order valence-electron chi connectivity index (χ2n) is 10.8. The molecule has 2 amide bonds. The van der Waals surface area contributed by atoms with Crippen molar-refractivity contribution in [2.45, 2.75) is 60.3 Å². The maximum Gasteiger partial charge on any atom is 0.321 e. The first-order valence-corrected chi connectivity index (χ1v) is 12.9. The van der Waals surface area contributed by atoms with Crippen LogP contribution in [-0.4, -0.2) is 36.8 Å². The Balaban J connectivity index is 2.37. The summed E-state index contributed by atoms with van der Waals surface area (Å²) in [5.41, 5.74) is 0.874. The Labute approximate surface area is 225 Å². The molecule has 0 radical (unpaired) electrons. The SMILES string of the molecule is CNC(=O)[C@@H](NC(=O)[C@@H](CC(C)C)C(C(=O)OCc1ccccc1)C(=O)OCc1ccccc1)C(C)(C)C. The third kappa shape index (κ3) is 9.32. The lowest BCUT2D eigenvalue weighted by Crippen LogP contribution is -2.55. The zero-order valence-electron chi connectivity index (χ0n) is 23.2. The fraction of sp³-hybridized carbons (Fsp3) is 0.467. The molecule has 2 rings (SSSR count). The number of hydrogen-bond acceptors (Lipinski definition) is 6. The molecular formula is C30H40N2O6. The fourth-order valence-corrected chi connectivity index (χ4v) is 4.03. The van der Waals surface area contributed by atoms with Crippen LogP contribution in [0.2, 0.25) is 0 Å². The first-order valence-electron chi connectivity index (χ1n) is 12.9. The van der Waals surface area contributed by atoms with Crippen LogP contribution in [0, 0.1) is 23.2 Å². The van der Waals surface area contributed by atoms with Crippen molar-refractivity contribution in [3.8, 4) is 0 Å². The van der Waals surface area contributed by atoms with E-state index < -0.39 is 41.1 Å². The number of likely N-dealkylation sites (N-methyl/N-ethyl adjacent to an activating group) is 1. The van der Waals surface area contributed by atoms with E-state index in [2.05, 4.69) is 10.6 Å². The van der Waals surface area contributed by atoms with E-state index in [1.165, 1.54) is 7.05 Å². The second kappa shape index (κ2) is 14.3. The van der Waals surface area contributed by atoms with Crippen LogP contribution in [0.25, 0.3) is 0 Å². The molecule has 0 saturated carbocycles. The van der Waals surface area contributed by atoms with Gasteiger partial charge in [-0.15, -0.1) is 0 Å². The van der Waals surface area contributed by atoms with Gasteiger partial charge < -0.3 is 20.1 Å². The highest BCUT2D eigenvalue weighted by atomic mass is 16.6. The topological polar surface area (TPSA) is 111 Å². The van der Waals surface area contributed by atoms with E-state index in [0.717, 1.165) is 11.1 Å². The average molecular weight is 525 g/mol. The summed E-state index contributed by atoms with van der Waals surface area (Å²) in [6, 6.07) is 17.3. The predicted octanol–water partition coefficient (Wildman–Crippen LogP) is 4.03. The third-order valence-corrected chi connectivity index (χ3v) is 6.08. The molecule has 0 aliphatic carbocycles. The van der Waals surface area contributed by atoms with Crippen molar-refractivity contribution in [3.05, 3.63) is 71.8 Å². The fourth-order valence-electron chi connectivity index (χ4n) is 4.03. The van der Waals surface area contributed by atoms with Gasteiger partial charge in [0.25, 0.3) is 0 Å². The number of esters is 2. The molecule has 0 aliphatic heterocycles. The minimum atomic E-state index is -1.50. The molecule has 2 N–H and O–H groups in total. The number of amides is 2. The van der Waals surface area contributed by atoms with Gasteiger partial charge in [-0.1, -0.05) is 95.3 Å². The molecule has 206 valence electrons. The van der Waals surface area contributed by atoms with Crippen LogP contribution in [0.15, 0.2) is 60.7 Å². The van der Waals surface area contributed by atoms with Gasteiger partial charge >= 0.3 is 11.9 Å². The van der Waals surface area contributed by atoms with Crippen LogP contribution in [0.1, 0.15) is 52.2 Å². The molecule has 2 atom stereocenters. The molecule has 0 heterocycles. The number of carbonyl (C=O) groups excluding carboxylic acids is 4. The monoisotopic (exact) mass is 524 g/mol. The lowest BCUT2D eigenvalue weighted by Gasteiger charge is -2.32. The lowest BCUT2D eigenvalue weighted by atomic mass is 9.82. The van der Waals surface area contributed by atoms with Crippen molar-refractivity contribution < 1.29 is 28.7 Å². The molecule has 0 unspecified atom stereocenters. The minimum absolute atomic E-state index is 0.0369. The van der Waals surface area contributed by atoms with Gasteiger partial charge in [0.1, 0.15) is 19.3 Å². The van der Waals surface area contributed by atoms with Gasteiger partial charge in [0.05, 0.1) is 5.92 Å². The van der Waals surface area contributed by atoms with E-state index in [9.17, 15) is 19.2 Å². The molecule has 0 saturated heterocycles. The minimum Gasteiger partial charge on any atom is -0.460 e. The molecule has 2 aromatic rings. The average Bonchev–Trinajstić information content (AvgIpc) is 2.88. The number of ether oxygens (including phenoxy) is 2. The summed E-state index contributed by atoms with van der Waals surface area (Å²) in [6.45, 7) is 9.14. The molecule has 0 fully saturated rings. The molecule has 0 aliphatic rings. The summed E-state index contributed by atoms with van der Waals surface area (Å²) < 4.78 is 11.0. The van der Waals surface area contributed by atoms with Gasteiger partial charge in [0.2, 0.25) is 11.8 Å². The van der Waals surface area contributed by atoms with Gasteiger partial charge in [0, 0.05) is 7.05 Å². The highest BCUT2D eigenvalue weighted by Crippen LogP contribution is 2.27. The zero-order chi connectivity index (χ0) is 28.3. The van der Waals surface area contributed by atoms with E-state index in [1.807, 2.05) is 71.0 Å². The smallest absolute Gasteiger partial charge is 0.321 e. The Bertz CT molecular complexity index is 1010. The van der Waals surface area contributed by atoms with Crippen molar-refractivity contribution in [2.75, 3.05) is 7.05 Å². The highest BCUT2D eigenvalue weighted by molar-refractivity contribution is 6.01. The Morgan fingerprint density at radius 3 is 1.58 bits per heavy atom. The highest BCUT2D eigenvalue weighted by Gasteiger charge is 2.44. The predicted molar refractivity (Wildman–Crippen MR) is 144 cm³/mol. The summed E-state index contributed by atoms with van der Waals surface area (Å²) in [5.74, 6) is -5.29. The second-order valence-corrected chi connectivity index (χ2v) is 10.8. The first-order chi connectivity index (χ1) is 17.9. The first kappa shape index (κ1) is 30.5. The Morgan fingerprint density at radius 1 is 0.763 bits per heavy atom. The van der Waals surface area contributed by atoms with Gasteiger partial charge in [-0.25, -0.2) is 0 Å². The number of nitrogens with one attached hydrogen (secondary N) is 2. The van der Waals surface area contributed by atoms with Crippen molar-refractivity contribution in [1.82, 2.24) is 10.6 Å². The molecule has 8 nitrogen and oxygen atoms in total. The van der Waals surface area contributed by atoms with Crippen molar-refractivity contribution in [3.63, 3.8) is 0 Å². The molecular weight excluding hydrogens is 484 g/mol. The zero-order valence-corrected chi connectivity index (χ0v) is 23.2.